The SMILES string of the molecule is CCn1cc(C(=O)O)c(=O)c2cc(CCCOCCNC(=O)OC(C)(C)C)ccc21.[H-].[Na+]. The Hall–Kier alpha value is -1.87. The van der Waals surface area contributed by atoms with Crippen LogP contribution < -0.4 is 40.3 Å². The second kappa shape index (κ2) is 12.2. The van der Waals surface area contributed by atoms with Crippen LogP contribution in [0, 0.1) is 0 Å². The van der Waals surface area contributed by atoms with Gasteiger partial charge in [-0.2, -0.15) is 0 Å². The molecule has 0 radical (unpaired) electrons. The molecule has 0 aliphatic heterocycles. The smallest absolute Gasteiger partial charge is 1.00 e. The molecule has 1 aromatic heterocycles. The van der Waals surface area contributed by atoms with Crippen molar-refractivity contribution in [1.29, 1.82) is 0 Å². The Morgan fingerprint density at radius 3 is 2.55 bits per heavy atom. The molecular weight excluding hydrogens is 411 g/mol. The van der Waals surface area contributed by atoms with E-state index in [1.54, 1.807) is 31.4 Å². The number of carboxylic acid groups (broad SMARTS) is 1. The molecule has 9 heteroatoms. The third-order valence-corrected chi connectivity index (χ3v) is 4.38. The summed E-state index contributed by atoms with van der Waals surface area (Å²) < 4.78 is 12.4. The maximum Gasteiger partial charge on any atom is 1.00 e. The molecule has 1 heterocycles. The average molecular weight is 442 g/mol. The Kier molecular flexibility index (Phi) is 10.7. The van der Waals surface area contributed by atoms with Gasteiger partial charge in [-0.05, 0) is 58.2 Å². The Labute approximate surface area is 205 Å². The maximum absolute atomic E-state index is 12.5. The number of aryl methyl sites for hydroxylation is 2. The standard InChI is InChI=1S/C22H30N2O6.Na.H/c1-5-24-14-17(20(26)27)19(25)16-13-15(8-9-18(16)24)7-6-11-29-12-10-23-21(28)30-22(2,3)4;;/h8-9,13-14H,5-7,10-12H2,1-4H3,(H,23,28)(H,26,27);;/q;+1;-1. The largest absolute Gasteiger partial charge is 1.00 e. The molecule has 0 aliphatic carbocycles. The van der Waals surface area contributed by atoms with Crippen molar-refractivity contribution in [2.24, 2.45) is 0 Å². The first kappa shape index (κ1) is 27.2. The fourth-order valence-corrected chi connectivity index (χ4v) is 3.03. The van der Waals surface area contributed by atoms with E-state index in [9.17, 15) is 19.5 Å². The van der Waals surface area contributed by atoms with E-state index in [0.29, 0.717) is 38.1 Å². The van der Waals surface area contributed by atoms with Crippen molar-refractivity contribution < 1.29 is 55.2 Å². The maximum atomic E-state index is 12.5. The Morgan fingerprint density at radius 2 is 1.94 bits per heavy atom. The van der Waals surface area contributed by atoms with Gasteiger partial charge in [-0.1, -0.05) is 6.07 Å². The minimum Gasteiger partial charge on any atom is -1.00 e. The van der Waals surface area contributed by atoms with Crippen LogP contribution in [-0.2, 0) is 22.4 Å². The van der Waals surface area contributed by atoms with E-state index in [4.69, 9.17) is 9.47 Å². The van der Waals surface area contributed by atoms with Crippen LogP contribution in [0.3, 0.4) is 0 Å². The molecule has 2 rings (SSSR count). The number of hydrogen-bond donors (Lipinski definition) is 2. The normalized spacial score (nSPS) is 11.1. The topological polar surface area (TPSA) is 107 Å². The number of carbonyl (C=O) groups is 2. The van der Waals surface area contributed by atoms with E-state index in [-0.39, 0.29) is 36.5 Å². The first-order valence-corrected chi connectivity index (χ1v) is 10.1. The molecule has 1 aromatic carbocycles. The minimum atomic E-state index is -1.22. The summed E-state index contributed by atoms with van der Waals surface area (Å²) in [6.45, 7) is 9.11. The molecule has 0 aliphatic rings. The number of benzene rings is 1. The van der Waals surface area contributed by atoms with E-state index in [0.717, 1.165) is 17.5 Å². The van der Waals surface area contributed by atoms with E-state index >= 15 is 0 Å². The third-order valence-electron chi connectivity index (χ3n) is 4.38. The van der Waals surface area contributed by atoms with Crippen molar-refractivity contribution >= 4 is 23.0 Å². The monoisotopic (exact) mass is 442 g/mol. The fourth-order valence-electron chi connectivity index (χ4n) is 3.03. The molecule has 0 bridgehead atoms. The van der Waals surface area contributed by atoms with Gasteiger partial charge in [-0.25, -0.2) is 9.59 Å². The van der Waals surface area contributed by atoms with Crippen LogP contribution in [0.5, 0.6) is 0 Å². The number of nitrogens with one attached hydrogen (secondary N) is 1. The van der Waals surface area contributed by atoms with Gasteiger partial charge in [0.1, 0.15) is 11.2 Å². The van der Waals surface area contributed by atoms with Gasteiger partial charge in [0.05, 0.1) is 12.1 Å². The summed E-state index contributed by atoms with van der Waals surface area (Å²) >= 11 is 0. The third kappa shape index (κ3) is 8.29. The zero-order valence-corrected chi connectivity index (χ0v) is 21.0. The summed E-state index contributed by atoms with van der Waals surface area (Å²) in [7, 11) is 0. The van der Waals surface area contributed by atoms with Gasteiger partial charge in [0.25, 0.3) is 0 Å². The number of hydrogen-bond acceptors (Lipinski definition) is 5. The number of amides is 1. The second-order valence-corrected chi connectivity index (χ2v) is 7.96. The van der Waals surface area contributed by atoms with Crippen LogP contribution in [0.4, 0.5) is 4.79 Å². The van der Waals surface area contributed by atoms with Gasteiger partial charge in [0, 0.05) is 31.3 Å². The number of fused-ring (bicyclic) bond motifs is 1. The second-order valence-electron chi connectivity index (χ2n) is 7.96. The molecule has 0 fully saturated rings. The van der Waals surface area contributed by atoms with Crippen molar-refractivity contribution in [3.8, 4) is 0 Å². The van der Waals surface area contributed by atoms with Gasteiger partial charge in [0.2, 0.25) is 5.43 Å². The van der Waals surface area contributed by atoms with Gasteiger partial charge < -0.3 is 25.9 Å². The molecular formula is C22H31N2NaO6. The average Bonchev–Trinajstić information content (AvgIpc) is 2.66. The number of carboxylic acids is 1. The number of alkyl carbamates (subject to hydrolysis) is 1. The minimum absolute atomic E-state index is 0. The predicted octanol–water partition coefficient (Wildman–Crippen LogP) is 0.310. The van der Waals surface area contributed by atoms with Crippen LogP contribution in [0.2, 0.25) is 0 Å². The molecule has 8 nitrogen and oxygen atoms in total. The molecule has 1 amide bonds. The van der Waals surface area contributed by atoms with E-state index < -0.39 is 23.1 Å². The summed E-state index contributed by atoms with van der Waals surface area (Å²) in [5.41, 5.74) is 0.452. The number of aromatic nitrogens is 1. The number of rotatable bonds is 9. The molecule has 31 heavy (non-hydrogen) atoms. The van der Waals surface area contributed by atoms with Crippen LogP contribution >= 0.6 is 0 Å². The van der Waals surface area contributed by atoms with Gasteiger partial charge in [0.15, 0.2) is 0 Å². The van der Waals surface area contributed by atoms with E-state index in [2.05, 4.69) is 5.32 Å². The number of pyridine rings is 1. The number of nitrogens with zero attached hydrogens (tertiary/aromatic N) is 1. The van der Waals surface area contributed by atoms with Crippen molar-refractivity contribution in [2.45, 2.75) is 52.7 Å². The van der Waals surface area contributed by atoms with Gasteiger partial charge >= 0.3 is 41.6 Å². The van der Waals surface area contributed by atoms with Crippen molar-refractivity contribution in [3.63, 3.8) is 0 Å². The molecule has 0 spiro atoms. The summed E-state index contributed by atoms with van der Waals surface area (Å²) in [6.07, 6.45) is 2.35. The van der Waals surface area contributed by atoms with Crippen LogP contribution in [0.1, 0.15) is 51.5 Å². The first-order chi connectivity index (χ1) is 14.1. The summed E-state index contributed by atoms with van der Waals surface area (Å²) in [4.78, 5) is 35.4. The van der Waals surface area contributed by atoms with Crippen molar-refractivity contribution in [3.05, 3.63) is 45.7 Å². The molecule has 2 N–H and O–H groups in total. The predicted molar refractivity (Wildman–Crippen MR) is 115 cm³/mol. The van der Waals surface area contributed by atoms with Crippen LogP contribution in [-0.4, -0.2) is 47.1 Å². The number of ether oxygens (including phenoxy) is 2. The Morgan fingerprint density at radius 1 is 1.23 bits per heavy atom. The number of aromatic carboxylic acids is 1. The van der Waals surface area contributed by atoms with Crippen LogP contribution in [0.15, 0.2) is 29.2 Å². The summed E-state index contributed by atoms with van der Waals surface area (Å²) in [5.74, 6) is -1.22. The van der Waals surface area contributed by atoms with Crippen molar-refractivity contribution in [1.82, 2.24) is 9.88 Å². The fraction of sp³-hybridized carbons (Fsp3) is 0.500. The molecule has 2 aromatic rings. The zero-order chi connectivity index (χ0) is 22.3. The summed E-state index contributed by atoms with van der Waals surface area (Å²) in [5, 5.41) is 12.3. The van der Waals surface area contributed by atoms with E-state index in [1.165, 1.54) is 6.20 Å². The van der Waals surface area contributed by atoms with Crippen LogP contribution in [0.25, 0.3) is 10.9 Å². The first-order valence-electron chi connectivity index (χ1n) is 10.1. The Balaban J connectivity index is 0.00000480. The zero-order valence-electron chi connectivity index (χ0n) is 20.0. The summed E-state index contributed by atoms with van der Waals surface area (Å²) in [6, 6.07) is 5.56. The number of carbonyl (C=O) groups excluding carboxylic acids is 1. The molecule has 0 saturated carbocycles. The van der Waals surface area contributed by atoms with Crippen molar-refractivity contribution in [2.75, 3.05) is 19.8 Å². The molecule has 0 atom stereocenters. The molecule has 166 valence electrons. The van der Waals surface area contributed by atoms with Gasteiger partial charge in [-0.3, -0.25) is 4.79 Å². The van der Waals surface area contributed by atoms with E-state index in [1.807, 2.05) is 19.1 Å². The molecule has 0 unspecified atom stereocenters. The quantitative estimate of drug-likeness (QED) is 0.428. The molecule has 0 saturated heterocycles. The van der Waals surface area contributed by atoms with Gasteiger partial charge in [-0.15, -0.1) is 0 Å². The Bertz CT molecular complexity index is 971.